The zero-order chi connectivity index (χ0) is 11.1. The molecule has 0 spiro atoms. The van der Waals surface area contributed by atoms with Crippen LogP contribution in [0.5, 0.6) is 0 Å². The van der Waals surface area contributed by atoms with E-state index in [-0.39, 0.29) is 0 Å². The van der Waals surface area contributed by atoms with Gasteiger partial charge in [-0.25, -0.2) is 0 Å². The molecule has 0 bridgehead atoms. The Balaban J connectivity index is 2.15. The summed E-state index contributed by atoms with van der Waals surface area (Å²) < 4.78 is 0. The molecule has 0 aliphatic carbocycles. The van der Waals surface area contributed by atoms with E-state index in [0.29, 0.717) is 17.6 Å². The van der Waals surface area contributed by atoms with Crippen LogP contribution in [-0.4, -0.2) is 41.9 Å². The Bertz CT molecular complexity index is 199. The molecule has 0 aromatic heterocycles. The molecule has 1 saturated heterocycles. The molecule has 4 heteroatoms. The van der Waals surface area contributed by atoms with Gasteiger partial charge >= 0.3 is 0 Å². The number of piperidine rings is 1. The SMILES string of the molecule is CC1CCCN(C(=O)CSCCCN)C1. The zero-order valence-corrected chi connectivity index (χ0v) is 10.4. The number of nitrogens with zero attached hydrogens (tertiary/aromatic N) is 1. The van der Waals surface area contributed by atoms with Gasteiger partial charge in [0.15, 0.2) is 0 Å². The third-order valence-corrected chi connectivity index (χ3v) is 3.76. The summed E-state index contributed by atoms with van der Waals surface area (Å²) in [5.41, 5.74) is 5.40. The summed E-state index contributed by atoms with van der Waals surface area (Å²) in [6, 6.07) is 0. The van der Waals surface area contributed by atoms with Crippen molar-refractivity contribution in [2.24, 2.45) is 11.7 Å². The van der Waals surface area contributed by atoms with Crippen molar-refractivity contribution in [3.63, 3.8) is 0 Å². The minimum absolute atomic E-state index is 0.309. The number of nitrogens with two attached hydrogens (primary N) is 1. The molecule has 88 valence electrons. The van der Waals surface area contributed by atoms with Crippen molar-refractivity contribution in [3.8, 4) is 0 Å². The fraction of sp³-hybridized carbons (Fsp3) is 0.909. The van der Waals surface area contributed by atoms with Crippen molar-refractivity contribution in [3.05, 3.63) is 0 Å². The van der Waals surface area contributed by atoms with Crippen LogP contribution in [0.1, 0.15) is 26.2 Å². The van der Waals surface area contributed by atoms with E-state index in [2.05, 4.69) is 6.92 Å². The molecule has 15 heavy (non-hydrogen) atoms. The van der Waals surface area contributed by atoms with E-state index in [1.54, 1.807) is 11.8 Å². The van der Waals surface area contributed by atoms with Crippen molar-refractivity contribution in [2.45, 2.75) is 26.2 Å². The molecule has 3 nitrogen and oxygen atoms in total. The highest BCUT2D eigenvalue weighted by Crippen LogP contribution is 2.16. The van der Waals surface area contributed by atoms with Gasteiger partial charge in [-0.05, 0) is 37.5 Å². The molecular formula is C11H22N2OS. The van der Waals surface area contributed by atoms with Gasteiger partial charge in [-0.1, -0.05) is 6.92 Å². The molecule has 0 aromatic rings. The topological polar surface area (TPSA) is 46.3 Å². The van der Waals surface area contributed by atoms with Crippen molar-refractivity contribution < 1.29 is 4.79 Å². The first-order valence-electron chi connectivity index (χ1n) is 5.79. The van der Waals surface area contributed by atoms with E-state index in [1.807, 2.05) is 4.90 Å². The highest BCUT2D eigenvalue weighted by molar-refractivity contribution is 7.99. The first-order valence-corrected chi connectivity index (χ1v) is 6.95. The van der Waals surface area contributed by atoms with Crippen LogP contribution in [0.2, 0.25) is 0 Å². The normalized spacial score (nSPS) is 21.7. The van der Waals surface area contributed by atoms with Crippen LogP contribution in [0.4, 0.5) is 0 Å². The second kappa shape index (κ2) is 7.12. The van der Waals surface area contributed by atoms with Gasteiger partial charge in [-0.15, -0.1) is 0 Å². The van der Waals surface area contributed by atoms with Gasteiger partial charge in [0.2, 0.25) is 5.91 Å². The minimum atomic E-state index is 0.309. The maximum Gasteiger partial charge on any atom is 0.232 e. The lowest BCUT2D eigenvalue weighted by Gasteiger charge is -2.30. The van der Waals surface area contributed by atoms with E-state index >= 15 is 0 Å². The predicted octanol–water partition coefficient (Wildman–Crippen LogP) is 1.33. The maximum atomic E-state index is 11.8. The first-order chi connectivity index (χ1) is 7.24. The second-order valence-electron chi connectivity index (χ2n) is 4.28. The summed E-state index contributed by atoms with van der Waals surface area (Å²) in [6.07, 6.45) is 3.44. The quantitative estimate of drug-likeness (QED) is 0.725. The van der Waals surface area contributed by atoms with Crippen molar-refractivity contribution in [1.82, 2.24) is 4.90 Å². The Labute approximate surface area is 96.8 Å². The van der Waals surface area contributed by atoms with Crippen molar-refractivity contribution >= 4 is 17.7 Å². The average molecular weight is 230 g/mol. The Morgan fingerprint density at radius 1 is 1.60 bits per heavy atom. The molecule has 2 N–H and O–H groups in total. The van der Waals surface area contributed by atoms with Gasteiger partial charge in [0, 0.05) is 13.1 Å². The van der Waals surface area contributed by atoms with E-state index in [9.17, 15) is 4.79 Å². The smallest absolute Gasteiger partial charge is 0.232 e. The predicted molar refractivity (Wildman–Crippen MR) is 66.0 cm³/mol. The fourth-order valence-corrected chi connectivity index (χ4v) is 2.72. The molecule has 1 fully saturated rings. The number of hydrogen-bond donors (Lipinski definition) is 1. The summed E-state index contributed by atoms with van der Waals surface area (Å²) in [6.45, 7) is 4.86. The molecule has 0 saturated carbocycles. The van der Waals surface area contributed by atoms with Gasteiger partial charge in [0.1, 0.15) is 0 Å². The first kappa shape index (κ1) is 12.8. The number of thioether (sulfide) groups is 1. The molecule has 1 unspecified atom stereocenters. The minimum Gasteiger partial charge on any atom is -0.342 e. The largest absolute Gasteiger partial charge is 0.342 e. The van der Waals surface area contributed by atoms with Gasteiger partial charge in [-0.2, -0.15) is 11.8 Å². The number of rotatable bonds is 5. The van der Waals surface area contributed by atoms with E-state index in [0.717, 1.165) is 31.8 Å². The van der Waals surface area contributed by atoms with Crippen LogP contribution in [0.25, 0.3) is 0 Å². The number of amides is 1. The Morgan fingerprint density at radius 2 is 2.40 bits per heavy atom. The highest BCUT2D eigenvalue weighted by atomic mass is 32.2. The highest BCUT2D eigenvalue weighted by Gasteiger charge is 2.20. The molecular weight excluding hydrogens is 208 g/mol. The molecule has 1 aliphatic heterocycles. The van der Waals surface area contributed by atoms with E-state index < -0.39 is 0 Å². The van der Waals surface area contributed by atoms with Crippen LogP contribution in [0.15, 0.2) is 0 Å². The lowest BCUT2D eigenvalue weighted by molar-refractivity contribution is -0.130. The number of carbonyl (C=O) groups excluding carboxylic acids is 1. The Kier molecular flexibility index (Phi) is 6.10. The van der Waals surface area contributed by atoms with Crippen LogP contribution in [-0.2, 0) is 4.79 Å². The van der Waals surface area contributed by atoms with Crippen LogP contribution in [0.3, 0.4) is 0 Å². The molecule has 1 atom stereocenters. The Morgan fingerprint density at radius 3 is 3.07 bits per heavy atom. The second-order valence-corrected chi connectivity index (χ2v) is 5.39. The van der Waals surface area contributed by atoms with Crippen LogP contribution < -0.4 is 5.73 Å². The average Bonchev–Trinajstić information content (AvgIpc) is 2.24. The van der Waals surface area contributed by atoms with Gasteiger partial charge in [-0.3, -0.25) is 4.79 Å². The molecule has 0 aromatic carbocycles. The van der Waals surface area contributed by atoms with Gasteiger partial charge in [0.05, 0.1) is 5.75 Å². The monoisotopic (exact) mass is 230 g/mol. The summed E-state index contributed by atoms with van der Waals surface area (Å²) in [5.74, 6) is 2.62. The number of likely N-dealkylation sites (tertiary alicyclic amines) is 1. The molecule has 0 radical (unpaired) electrons. The standard InChI is InChI=1S/C11H22N2OS/c1-10-4-2-6-13(8-10)11(14)9-15-7-3-5-12/h10H,2-9,12H2,1H3. The zero-order valence-electron chi connectivity index (χ0n) is 9.58. The summed E-state index contributed by atoms with van der Waals surface area (Å²) >= 11 is 1.71. The molecule has 1 rings (SSSR count). The molecule has 1 heterocycles. The van der Waals surface area contributed by atoms with Gasteiger partial charge < -0.3 is 10.6 Å². The number of carbonyl (C=O) groups is 1. The maximum absolute atomic E-state index is 11.8. The van der Waals surface area contributed by atoms with Gasteiger partial charge in [0.25, 0.3) is 0 Å². The number of hydrogen-bond acceptors (Lipinski definition) is 3. The summed E-state index contributed by atoms with van der Waals surface area (Å²) in [5, 5.41) is 0. The van der Waals surface area contributed by atoms with Crippen LogP contribution >= 0.6 is 11.8 Å². The lowest BCUT2D eigenvalue weighted by Crippen LogP contribution is -2.40. The van der Waals surface area contributed by atoms with E-state index in [1.165, 1.54) is 12.8 Å². The lowest BCUT2D eigenvalue weighted by atomic mass is 10.0. The van der Waals surface area contributed by atoms with Crippen molar-refractivity contribution in [1.29, 1.82) is 0 Å². The van der Waals surface area contributed by atoms with Crippen molar-refractivity contribution in [2.75, 3.05) is 31.1 Å². The summed E-state index contributed by atoms with van der Waals surface area (Å²) in [4.78, 5) is 13.8. The third kappa shape index (κ3) is 4.89. The molecule has 1 aliphatic rings. The van der Waals surface area contributed by atoms with E-state index in [4.69, 9.17) is 5.73 Å². The third-order valence-electron chi connectivity index (χ3n) is 2.73. The van der Waals surface area contributed by atoms with Crippen LogP contribution in [0, 0.1) is 5.92 Å². The Hall–Kier alpha value is -0.220. The fourth-order valence-electron chi connectivity index (χ4n) is 1.85. The molecule has 1 amide bonds. The summed E-state index contributed by atoms with van der Waals surface area (Å²) in [7, 11) is 0.